The number of amides is 1. The van der Waals surface area contributed by atoms with Crippen molar-refractivity contribution in [2.24, 2.45) is 5.10 Å². The molecule has 0 bridgehead atoms. The van der Waals surface area contributed by atoms with E-state index in [2.05, 4.69) is 31.0 Å². The lowest BCUT2D eigenvalue weighted by atomic mass is 9.90. The first-order chi connectivity index (χ1) is 19.9. The fourth-order valence-electron chi connectivity index (χ4n) is 4.97. The van der Waals surface area contributed by atoms with E-state index in [4.69, 9.17) is 14.2 Å². The zero-order valence-electron chi connectivity index (χ0n) is 22.1. The molecule has 14 heteroatoms. The largest absolute Gasteiger partial charge is 0.492 e. The number of hydrazone groups is 1. The van der Waals surface area contributed by atoms with Gasteiger partial charge in [-0.1, -0.05) is 0 Å². The van der Waals surface area contributed by atoms with Crippen molar-refractivity contribution in [3.05, 3.63) is 92.8 Å². The van der Waals surface area contributed by atoms with E-state index >= 15 is 0 Å². The number of benzene rings is 3. The van der Waals surface area contributed by atoms with Gasteiger partial charge in [-0.3, -0.25) is 19.8 Å². The lowest BCUT2D eigenvalue weighted by Gasteiger charge is -2.34. The Hall–Kier alpha value is -5.37. The van der Waals surface area contributed by atoms with E-state index in [1.54, 1.807) is 36.1 Å². The van der Waals surface area contributed by atoms with Crippen molar-refractivity contribution in [3.63, 3.8) is 0 Å². The summed E-state index contributed by atoms with van der Waals surface area (Å²) in [5, 5.41) is 27.3. The molecule has 0 saturated heterocycles. The molecule has 0 saturated carbocycles. The number of fused-ring (bicyclic) bond motifs is 2. The first-order valence-electron chi connectivity index (χ1n) is 12.6. The van der Waals surface area contributed by atoms with E-state index in [0.717, 1.165) is 24.1 Å². The van der Waals surface area contributed by atoms with Gasteiger partial charge in [0, 0.05) is 29.8 Å². The van der Waals surface area contributed by atoms with Crippen LogP contribution in [0.25, 0.3) is 5.69 Å². The van der Waals surface area contributed by atoms with Gasteiger partial charge in [0.25, 0.3) is 11.6 Å². The Morgan fingerprint density at radius 3 is 2.71 bits per heavy atom. The van der Waals surface area contributed by atoms with Gasteiger partial charge in [0.1, 0.15) is 6.04 Å². The summed E-state index contributed by atoms with van der Waals surface area (Å²) in [6, 6.07) is 14.3. The number of rotatable bonds is 7. The van der Waals surface area contributed by atoms with Crippen molar-refractivity contribution in [2.45, 2.75) is 12.5 Å². The number of nitrogens with zero attached hydrogens (tertiary/aromatic N) is 7. The highest BCUT2D eigenvalue weighted by Crippen LogP contribution is 2.50. The Balaban J connectivity index is 1.23. The van der Waals surface area contributed by atoms with Crippen LogP contribution >= 0.6 is 0 Å². The molecule has 3 heterocycles. The van der Waals surface area contributed by atoms with Crippen LogP contribution in [0.5, 0.6) is 17.2 Å². The van der Waals surface area contributed by atoms with Crippen LogP contribution in [0.3, 0.4) is 0 Å². The number of hydrogen-bond donors (Lipinski definition) is 1. The maximum Gasteiger partial charge on any atom is 0.271 e. The van der Waals surface area contributed by atoms with Crippen LogP contribution in [0.2, 0.25) is 0 Å². The van der Waals surface area contributed by atoms with E-state index < -0.39 is 10.8 Å². The Bertz CT molecular complexity index is 1650. The highest BCUT2D eigenvalue weighted by molar-refractivity contribution is 5.95. The van der Waals surface area contributed by atoms with Crippen molar-refractivity contribution in [3.8, 4) is 22.9 Å². The number of nitrogens with one attached hydrogen (secondary N) is 1. The maximum absolute atomic E-state index is 12.6. The number of aromatic nitrogens is 4. The van der Waals surface area contributed by atoms with E-state index in [0.29, 0.717) is 39.9 Å². The standard InChI is InChI=1S/C27H24N8O6/c1-33-12-11-18-13-21-24(41-15-40-21)25(39-2)22(18)23(33)26-29-31-32-34(26)19-9-5-17(6-10-19)27(36)30-28-14-16-3-7-20(8-4-16)35(37)38/h3-10,13-14,23H,11-12,15H2,1-2H3,(H,30,36). The SMILES string of the molecule is COc1c2c(cc3c1C(c1nnnn1-c1ccc(C(=O)NN=Cc4ccc([N+](=O)[O-])cc4)cc1)N(C)CC3)OCO2. The number of hydrogen-bond acceptors (Lipinski definition) is 11. The quantitative estimate of drug-likeness (QED) is 0.204. The summed E-state index contributed by atoms with van der Waals surface area (Å²) in [7, 11) is 3.60. The third kappa shape index (κ3) is 4.80. The molecule has 1 unspecified atom stereocenters. The minimum atomic E-state index is -0.483. The van der Waals surface area contributed by atoms with Crippen molar-refractivity contribution >= 4 is 17.8 Å². The number of carbonyl (C=O) groups is 1. The molecule has 1 N–H and O–H groups in total. The molecule has 6 rings (SSSR count). The van der Waals surface area contributed by atoms with Crippen molar-refractivity contribution in [1.29, 1.82) is 0 Å². The third-order valence-corrected chi connectivity index (χ3v) is 6.99. The first-order valence-corrected chi connectivity index (χ1v) is 12.6. The highest BCUT2D eigenvalue weighted by atomic mass is 16.7. The molecular formula is C27H24N8O6. The molecule has 1 atom stereocenters. The van der Waals surface area contributed by atoms with Crippen LogP contribution < -0.4 is 19.6 Å². The van der Waals surface area contributed by atoms with Crippen LogP contribution in [-0.4, -0.2) is 69.6 Å². The minimum absolute atomic E-state index is 0.0254. The number of ether oxygens (including phenoxy) is 3. The number of methoxy groups -OCH3 is 1. The van der Waals surface area contributed by atoms with Crippen molar-refractivity contribution in [2.75, 3.05) is 27.5 Å². The topological polar surface area (TPSA) is 159 Å². The molecule has 208 valence electrons. The first kappa shape index (κ1) is 25.9. The monoisotopic (exact) mass is 556 g/mol. The summed E-state index contributed by atoms with van der Waals surface area (Å²) in [5.74, 6) is 1.98. The Morgan fingerprint density at radius 1 is 1.20 bits per heavy atom. The van der Waals surface area contributed by atoms with Crippen LogP contribution in [0.4, 0.5) is 5.69 Å². The van der Waals surface area contributed by atoms with E-state index in [1.165, 1.54) is 30.5 Å². The highest BCUT2D eigenvalue weighted by Gasteiger charge is 2.37. The predicted octanol–water partition coefficient (Wildman–Crippen LogP) is 2.65. The van der Waals surface area contributed by atoms with E-state index in [9.17, 15) is 14.9 Å². The van der Waals surface area contributed by atoms with Gasteiger partial charge < -0.3 is 14.2 Å². The molecule has 41 heavy (non-hydrogen) atoms. The zero-order valence-corrected chi connectivity index (χ0v) is 22.1. The maximum atomic E-state index is 12.6. The van der Waals surface area contributed by atoms with Gasteiger partial charge in [0.15, 0.2) is 17.3 Å². The molecule has 14 nitrogen and oxygen atoms in total. The van der Waals surface area contributed by atoms with Crippen LogP contribution in [0.1, 0.15) is 38.9 Å². The average molecular weight is 557 g/mol. The Morgan fingerprint density at radius 2 is 1.98 bits per heavy atom. The molecule has 0 radical (unpaired) electrons. The third-order valence-electron chi connectivity index (χ3n) is 6.99. The summed E-state index contributed by atoms with van der Waals surface area (Å²) in [6.45, 7) is 0.905. The second-order valence-electron chi connectivity index (χ2n) is 9.39. The van der Waals surface area contributed by atoms with Gasteiger partial charge in [0.05, 0.1) is 23.9 Å². The Labute approximate surface area is 233 Å². The predicted molar refractivity (Wildman–Crippen MR) is 145 cm³/mol. The summed E-state index contributed by atoms with van der Waals surface area (Å²) >= 11 is 0. The van der Waals surface area contributed by atoms with Gasteiger partial charge in [-0.25, -0.2) is 5.43 Å². The smallest absolute Gasteiger partial charge is 0.271 e. The molecule has 1 aromatic heterocycles. The van der Waals surface area contributed by atoms with Gasteiger partial charge in [-0.15, -0.1) is 5.10 Å². The molecule has 0 fully saturated rings. The van der Waals surface area contributed by atoms with E-state index in [1.807, 2.05) is 13.1 Å². The number of likely N-dealkylation sites (N-methyl/N-ethyl adjacent to an activating group) is 1. The molecule has 0 aliphatic carbocycles. The molecule has 2 aliphatic rings. The molecule has 2 aliphatic heterocycles. The van der Waals surface area contributed by atoms with Crippen LogP contribution in [0, 0.1) is 10.1 Å². The lowest BCUT2D eigenvalue weighted by Crippen LogP contribution is -2.35. The van der Waals surface area contributed by atoms with Crippen molar-refractivity contribution in [1.82, 2.24) is 30.5 Å². The number of tetrazole rings is 1. The number of non-ortho nitro benzene ring substituents is 1. The molecule has 3 aromatic carbocycles. The van der Waals surface area contributed by atoms with Crippen molar-refractivity contribution < 1.29 is 23.9 Å². The second-order valence-corrected chi connectivity index (χ2v) is 9.39. The molecule has 1 amide bonds. The normalized spacial score (nSPS) is 16.0. The average Bonchev–Trinajstić information content (AvgIpc) is 3.66. The number of nitro groups is 1. The fraction of sp³-hybridized carbons (Fsp3) is 0.222. The van der Waals surface area contributed by atoms with Gasteiger partial charge in [-0.05, 0) is 77.5 Å². The van der Waals surface area contributed by atoms with E-state index in [-0.39, 0.29) is 18.5 Å². The number of nitro benzene ring substituents is 1. The molecule has 4 aromatic rings. The fourth-order valence-corrected chi connectivity index (χ4v) is 4.97. The molecule has 0 spiro atoms. The summed E-state index contributed by atoms with van der Waals surface area (Å²) in [5.41, 5.74) is 6.07. The minimum Gasteiger partial charge on any atom is -0.492 e. The van der Waals surface area contributed by atoms with Gasteiger partial charge in [0.2, 0.25) is 12.5 Å². The summed E-state index contributed by atoms with van der Waals surface area (Å²) in [6.07, 6.45) is 2.20. The lowest BCUT2D eigenvalue weighted by molar-refractivity contribution is -0.384. The second kappa shape index (κ2) is 10.7. The van der Waals surface area contributed by atoms with Crippen LogP contribution in [-0.2, 0) is 6.42 Å². The Kier molecular flexibility index (Phi) is 6.73. The van der Waals surface area contributed by atoms with Gasteiger partial charge in [-0.2, -0.15) is 9.78 Å². The van der Waals surface area contributed by atoms with Crippen LogP contribution in [0.15, 0.2) is 59.7 Å². The van der Waals surface area contributed by atoms with Gasteiger partial charge >= 0.3 is 0 Å². The molecular weight excluding hydrogens is 532 g/mol. The zero-order chi connectivity index (χ0) is 28.5. The number of carbonyl (C=O) groups excluding carboxylic acids is 1. The summed E-state index contributed by atoms with van der Waals surface area (Å²) < 4.78 is 18.8. The summed E-state index contributed by atoms with van der Waals surface area (Å²) in [4.78, 5) is 25.1.